The Balaban J connectivity index is 1.85. The molecule has 0 saturated heterocycles. The lowest BCUT2D eigenvalue weighted by molar-refractivity contribution is -0.114. The van der Waals surface area contributed by atoms with E-state index in [0.717, 1.165) is 22.9 Å². The fraction of sp³-hybridized carbons (Fsp3) is 0.150. The fourth-order valence-electron chi connectivity index (χ4n) is 2.60. The average molecular weight is 347 g/mol. The third-order valence-electron chi connectivity index (χ3n) is 3.77. The van der Waals surface area contributed by atoms with Crippen LogP contribution in [0.15, 0.2) is 60.7 Å². The third-order valence-corrected chi connectivity index (χ3v) is 3.77. The Morgan fingerprint density at radius 2 is 1.69 bits per heavy atom. The van der Waals surface area contributed by atoms with E-state index in [4.69, 9.17) is 0 Å². The molecule has 132 valence electrons. The summed E-state index contributed by atoms with van der Waals surface area (Å²) < 4.78 is 0. The van der Waals surface area contributed by atoms with Crippen molar-refractivity contribution in [3.05, 3.63) is 66.5 Å². The molecule has 0 saturated carbocycles. The number of amides is 1. The van der Waals surface area contributed by atoms with Gasteiger partial charge in [0.15, 0.2) is 0 Å². The summed E-state index contributed by atoms with van der Waals surface area (Å²) >= 11 is 0. The van der Waals surface area contributed by atoms with E-state index in [0.29, 0.717) is 11.6 Å². The second kappa shape index (κ2) is 7.65. The first kappa shape index (κ1) is 17.4. The molecular weight excluding hydrogens is 326 g/mol. The van der Waals surface area contributed by atoms with Gasteiger partial charge in [0.2, 0.25) is 5.91 Å². The number of nitrogens with zero attached hydrogens (tertiary/aromatic N) is 3. The van der Waals surface area contributed by atoms with Gasteiger partial charge in [0.1, 0.15) is 17.5 Å². The average Bonchev–Trinajstić information content (AvgIpc) is 2.61. The summed E-state index contributed by atoms with van der Waals surface area (Å²) in [7, 11) is 1.97. The molecule has 2 aromatic carbocycles. The summed E-state index contributed by atoms with van der Waals surface area (Å²) in [6, 6.07) is 19.4. The van der Waals surface area contributed by atoms with Crippen LogP contribution in [0.1, 0.15) is 12.7 Å². The van der Waals surface area contributed by atoms with Crippen LogP contribution in [0.25, 0.3) is 0 Å². The highest BCUT2D eigenvalue weighted by Gasteiger charge is 2.09. The molecule has 6 heteroatoms. The second-order valence-corrected chi connectivity index (χ2v) is 5.94. The Morgan fingerprint density at radius 3 is 2.42 bits per heavy atom. The van der Waals surface area contributed by atoms with Gasteiger partial charge in [-0.3, -0.25) is 4.79 Å². The summed E-state index contributed by atoms with van der Waals surface area (Å²) in [5.41, 5.74) is 2.61. The molecule has 0 aliphatic carbocycles. The van der Waals surface area contributed by atoms with Gasteiger partial charge < -0.3 is 15.5 Å². The Morgan fingerprint density at radius 1 is 0.962 bits per heavy atom. The van der Waals surface area contributed by atoms with Crippen molar-refractivity contribution in [1.82, 2.24) is 9.97 Å². The lowest BCUT2D eigenvalue weighted by Crippen LogP contribution is -2.13. The molecule has 0 fully saturated rings. The van der Waals surface area contributed by atoms with Crippen molar-refractivity contribution in [3.63, 3.8) is 0 Å². The molecular formula is C20H21N5O. The van der Waals surface area contributed by atoms with E-state index in [1.54, 1.807) is 0 Å². The number of anilines is 5. The van der Waals surface area contributed by atoms with E-state index in [1.165, 1.54) is 6.92 Å². The number of benzene rings is 2. The standard InChI is InChI=1S/C20H21N5O/c1-14-21-19(24-17-9-7-8-16(12-17)23-15(2)26)13-20(22-14)25(3)18-10-5-4-6-11-18/h4-13H,1-3H3,(H,23,26)(H,21,22,24). The van der Waals surface area contributed by atoms with Crippen LogP contribution in [-0.4, -0.2) is 22.9 Å². The van der Waals surface area contributed by atoms with Crippen LogP contribution in [0.4, 0.5) is 28.7 Å². The molecule has 0 atom stereocenters. The minimum absolute atomic E-state index is 0.105. The molecule has 6 nitrogen and oxygen atoms in total. The predicted octanol–water partition coefficient (Wildman–Crippen LogP) is 4.25. The van der Waals surface area contributed by atoms with Crippen LogP contribution in [0.2, 0.25) is 0 Å². The Bertz CT molecular complexity index is 911. The highest BCUT2D eigenvalue weighted by molar-refractivity contribution is 5.89. The second-order valence-electron chi connectivity index (χ2n) is 5.94. The molecule has 1 aromatic heterocycles. The van der Waals surface area contributed by atoms with Gasteiger partial charge >= 0.3 is 0 Å². The van der Waals surface area contributed by atoms with Gasteiger partial charge in [0, 0.05) is 37.1 Å². The number of hydrogen-bond donors (Lipinski definition) is 2. The molecule has 1 amide bonds. The van der Waals surface area contributed by atoms with Crippen molar-refractivity contribution in [2.75, 3.05) is 22.6 Å². The van der Waals surface area contributed by atoms with Crippen molar-refractivity contribution < 1.29 is 4.79 Å². The fourth-order valence-corrected chi connectivity index (χ4v) is 2.60. The van der Waals surface area contributed by atoms with Crippen molar-refractivity contribution in [1.29, 1.82) is 0 Å². The van der Waals surface area contributed by atoms with Crippen LogP contribution in [0.5, 0.6) is 0 Å². The predicted molar refractivity (Wildman–Crippen MR) is 105 cm³/mol. The number of hydrogen-bond acceptors (Lipinski definition) is 5. The van der Waals surface area contributed by atoms with Gasteiger partial charge in [-0.2, -0.15) is 0 Å². The van der Waals surface area contributed by atoms with Crippen LogP contribution < -0.4 is 15.5 Å². The molecule has 26 heavy (non-hydrogen) atoms. The summed E-state index contributed by atoms with van der Waals surface area (Å²) in [6.45, 7) is 3.35. The van der Waals surface area contributed by atoms with E-state index in [2.05, 4.69) is 20.6 Å². The normalized spacial score (nSPS) is 10.3. The molecule has 0 bridgehead atoms. The molecule has 0 spiro atoms. The highest BCUT2D eigenvalue weighted by Crippen LogP contribution is 2.25. The van der Waals surface area contributed by atoms with Crippen molar-refractivity contribution in [2.45, 2.75) is 13.8 Å². The highest BCUT2D eigenvalue weighted by atomic mass is 16.1. The molecule has 3 rings (SSSR count). The summed E-state index contributed by atoms with van der Waals surface area (Å²) in [5, 5.41) is 6.05. The van der Waals surface area contributed by atoms with Gasteiger partial charge in [-0.25, -0.2) is 9.97 Å². The number of aromatic nitrogens is 2. The first-order valence-electron chi connectivity index (χ1n) is 8.30. The molecule has 2 N–H and O–H groups in total. The van der Waals surface area contributed by atoms with Gasteiger partial charge in [-0.05, 0) is 37.3 Å². The Kier molecular flexibility index (Phi) is 5.12. The topological polar surface area (TPSA) is 70.2 Å². The number of carbonyl (C=O) groups is 1. The summed E-state index contributed by atoms with van der Waals surface area (Å²) in [4.78, 5) is 22.2. The maximum atomic E-state index is 11.2. The zero-order valence-corrected chi connectivity index (χ0v) is 15.0. The maximum absolute atomic E-state index is 11.2. The van der Waals surface area contributed by atoms with Crippen molar-refractivity contribution >= 4 is 34.6 Å². The van der Waals surface area contributed by atoms with Crippen LogP contribution in [0, 0.1) is 6.92 Å². The van der Waals surface area contributed by atoms with Gasteiger partial charge in [-0.15, -0.1) is 0 Å². The van der Waals surface area contributed by atoms with Crippen molar-refractivity contribution in [2.24, 2.45) is 0 Å². The summed E-state index contributed by atoms with van der Waals surface area (Å²) in [6.07, 6.45) is 0. The maximum Gasteiger partial charge on any atom is 0.221 e. The van der Waals surface area contributed by atoms with E-state index in [9.17, 15) is 4.79 Å². The SMILES string of the molecule is CC(=O)Nc1cccc(Nc2cc(N(C)c3ccccc3)nc(C)n2)c1. The molecule has 0 radical (unpaired) electrons. The van der Waals surface area contributed by atoms with E-state index in [-0.39, 0.29) is 5.91 Å². The van der Waals surface area contributed by atoms with E-state index < -0.39 is 0 Å². The Hall–Kier alpha value is -3.41. The number of rotatable bonds is 5. The molecule has 0 aliphatic heterocycles. The molecule has 0 aliphatic rings. The lowest BCUT2D eigenvalue weighted by atomic mass is 10.2. The van der Waals surface area contributed by atoms with Gasteiger partial charge in [0.05, 0.1) is 0 Å². The molecule has 1 heterocycles. The number of para-hydroxylation sites is 1. The van der Waals surface area contributed by atoms with Crippen LogP contribution >= 0.6 is 0 Å². The van der Waals surface area contributed by atoms with Gasteiger partial charge in [0.25, 0.3) is 0 Å². The van der Waals surface area contributed by atoms with Crippen LogP contribution in [-0.2, 0) is 4.79 Å². The zero-order valence-electron chi connectivity index (χ0n) is 15.0. The largest absolute Gasteiger partial charge is 0.340 e. The molecule has 0 unspecified atom stereocenters. The smallest absolute Gasteiger partial charge is 0.221 e. The van der Waals surface area contributed by atoms with Crippen LogP contribution in [0.3, 0.4) is 0 Å². The minimum atomic E-state index is -0.105. The molecule has 3 aromatic rings. The Labute approximate surface area is 152 Å². The van der Waals surface area contributed by atoms with E-state index in [1.807, 2.05) is 79.5 Å². The van der Waals surface area contributed by atoms with E-state index >= 15 is 0 Å². The monoisotopic (exact) mass is 347 g/mol. The number of nitrogens with one attached hydrogen (secondary N) is 2. The minimum Gasteiger partial charge on any atom is -0.340 e. The zero-order chi connectivity index (χ0) is 18.5. The first-order chi connectivity index (χ1) is 12.5. The lowest BCUT2D eigenvalue weighted by Gasteiger charge is -2.19. The quantitative estimate of drug-likeness (QED) is 0.722. The number of carbonyl (C=O) groups excluding carboxylic acids is 1. The van der Waals surface area contributed by atoms with Crippen molar-refractivity contribution in [3.8, 4) is 0 Å². The number of aryl methyl sites for hydroxylation is 1. The van der Waals surface area contributed by atoms with Gasteiger partial charge in [-0.1, -0.05) is 24.3 Å². The third kappa shape index (κ3) is 4.36. The first-order valence-corrected chi connectivity index (χ1v) is 8.30. The summed E-state index contributed by atoms with van der Waals surface area (Å²) in [5.74, 6) is 2.05.